The summed E-state index contributed by atoms with van der Waals surface area (Å²) in [6.07, 6.45) is 6.99. The molecule has 1 fully saturated rings. The Morgan fingerprint density at radius 2 is 2.07 bits per heavy atom. The lowest BCUT2D eigenvalue weighted by atomic mass is 9.64. The Morgan fingerprint density at radius 3 is 2.57 bits per heavy atom. The van der Waals surface area contributed by atoms with Gasteiger partial charge in [-0.2, -0.15) is 0 Å². The minimum Gasteiger partial charge on any atom is -0.103 e. The van der Waals surface area contributed by atoms with Crippen molar-refractivity contribution in [3.63, 3.8) is 0 Å². The minimum absolute atomic E-state index is 0.439. The highest BCUT2D eigenvalue weighted by Gasteiger charge is 2.34. The molecule has 0 N–H and O–H groups in total. The van der Waals surface area contributed by atoms with Gasteiger partial charge in [0.2, 0.25) is 0 Å². The molecule has 1 rings (SSSR count). The third-order valence-corrected chi connectivity index (χ3v) is 3.51. The SMILES string of the molecule is C=CCC1CC(=C)CCC1C(C)(C)C. The first kappa shape index (κ1) is 11.6. The molecule has 0 heterocycles. The van der Waals surface area contributed by atoms with Crippen molar-refractivity contribution in [2.45, 2.75) is 46.5 Å². The third kappa shape index (κ3) is 2.73. The molecule has 0 saturated heterocycles. The standard InChI is InChI=1S/C14H24/c1-6-7-12-10-11(2)8-9-13(12)14(3,4)5/h6,12-13H,1-2,7-10H2,3-5H3. The lowest BCUT2D eigenvalue weighted by Gasteiger charge is -2.41. The number of hydrogen-bond acceptors (Lipinski definition) is 0. The highest BCUT2D eigenvalue weighted by atomic mass is 14.4. The second-order valence-corrected chi connectivity index (χ2v) is 5.75. The maximum Gasteiger partial charge on any atom is -0.0289 e. The lowest BCUT2D eigenvalue weighted by Crippen LogP contribution is -2.31. The van der Waals surface area contributed by atoms with Gasteiger partial charge < -0.3 is 0 Å². The topological polar surface area (TPSA) is 0 Å². The highest BCUT2D eigenvalue weighted by molar-refractivity contribution is 5.04. The minimum atomic E-state index is 0.439. The Hall–Kier alpha value is -0.520. The Morgan fingerprint density at radius 1 is 1.43 bits per heavy atom. The van der Waals surface area contributed by atoms with Crippen molar-refractivity contribution in [3.05, 3.63) is 24.8 Å². The van der Waals surface area contributed by atoms with Gasteiger partial charge in [-0.15, -0.1) is 6.58 Å². The van der Waals surface area contributed by atoms with Crippen LogP contribution < -0.4 is 0 Å². The highest BCUT2D eigenvalue weighted by Crippen LogP contribution is 2.44. The molecule has 0 aromatic heterocycles. The maximum atomic E-state index is 4.13. The summed E-state index contributed by atoms with van der Waals surface area (Å²) >= 11 is 0. The van der Waals surface area contributed by atoms with Gasteiger partial charge in [0.05, 0.1) is 0 Å². The van der Waals surface area contributed by atoms with Crippen molar-refractivity contribution < 1.29 is 0 Å². The van der Waals surface area contributed by atoms with Crippen LogP contribution in [-0.2, 0) is 0 Å². The van der Waals surface area contributed by atoms with Crippen LogP contribution in [-0.4, -0.2) is 0 Å². The summed E-state index contributed by atoms with van der Waals surface area (Å²) in [5, 5.41) is 0. The van der Waals surface area contributed by atoms with Gasteiger partial charge in [0.25, 0.3) is 0 Å². The van der Waals surface area contributed by atoms with E-state index in [0.29, 0.717) is 5.41 Å². The molecule has 0 amide bonds. The fourth-order valence-corrected chi connectivity index (χ4v) is 2.81. The zero-order valence-electron chi connectivity index (χ0n) is 9.97. The van der Waals surface area contributed by atoms with Crippen LogP contribution in [0.2, 0.25) is 0 Å². The molecule has 1 aliphatic carbocycles. The predicted molar refractivity (Wildman–Crippen MR) is 64.2 cm³/mol. The van der Waals surface area contributed by atoms with E-state index in [4.69, 9.17) is 0 Å². The summed E-state index contributed by atoms with van der Waals surface area (Å²) in [6.45, 7) is 15.1. The first-order valence-electron chi connectivity index (χ1n) is 5.72. The largest absolute Gasteiger partial charge is 0.103 e. The van der Waals surface area contributed by atoms with Crippen molar-refractivity contribution in [1.82, 2.24) is 0 Å². The van der Waals surface area contributed by atoms with E-state index in [9.17, 15) is 0 Å². The van der Waals surface area contributed by atoms with Crippen molar-refractivity contribution >= 4 is 0 Å². The number of allylic oxidation sites excluding steroid dienone is 2. The van der Waals surface area contributed by atoms with Crippen molar-refractivity contribution in [2.24, 2.45) is 17.3 Å². The smallest absolute Gasteiger partial charge is 0.0289 e. The van der Waals surface area contributed by atoms with E-state index in [1.54, 1.807) is 0 Å². The Balaban J connectivity index is 2.72. The van der Waals surface area contributed by atoms with E-state index < -0.39 is 0 Å². The normalized spacial score (nSPS) is 28.9. The van der Waals surface area contributed by atoms with Gasteiger partial charge in [0, 0.05) is 0 Å². The van der Waals surface area contributed by atoms with Gasteiger partial charge in [-0.1, -0.05) is 39.0 Å². The van der Waals surface area contributed by atoms with E-state index in [2.05, 4.69) is 40.0 Å². The lowest BCUT2D eigenvalue weighted by molar-refractivity contribution is 0.129. The van der Waals surface area contributed by atoms with Gasteiger partial charge in [-0.3, -0.25) is 0 Å². The summed E-state index contributed by atoms with van der Waals surface area (Å²) in [4.78, 5) is 0. The molecular formula is C14H24. The zero-order chi connectivity index (χ0) is 10.8. The average molecular weight is 192 g/mol. The second-order valence-electron chi connectivity index (χ2n) is 5.75. The van der Waals surface area contributed by atoms with Crippen LogP contribution in [0.25, 0.3) is 0 Å². The fraction of sp³-hybridized carbons (Fsp3) is 0.714. The fourth-order valence-electron chi connectivity index (χ4n) is 2.81. The van der Waals surface area contributed by atoms with Crippen molar-refractivity contribution in [3.8, 4) is 0 Å². The third-order valence-electron chi connectivity index (χ3n) is 3.51. The Bertz CT molecular complexity index is 217. The molecule has 0 bridgehead atoms. The number of hydrogen-bond donors (Lipinski definition) is 0. The van der Waals surface area contributed by atoms with Gasteiger partial charge in [-0.05, 0) is 42.9 Å². The van der Waals surface area contributed by atoms with Gasteiger partial charge in [0.15, 0.2) is 0 Å². The number of rotatable bonds is 2. The molecule has 80 valence electrons. The predicted octanol–water partition coefficient (Wildman–Crippen LogP) is 4.58. The maximum absolute atomic E-state index is 4.13. The van der Waals surface area contributed by atoms with Crippen molar-refractivity contribution in [2.75, 3.05) is 0 Å². The van der Waals surface area contributed by atoms with Crippen LogP contribution in [0.15, 0.2) is 24.8 Å². The van der Waals surface area contributed by atoms with Gasteiger partial charge >= 0.3 is 0 Å². The van der Waals surface area contributed by atoms with E-state index >= 15 is 0 Å². The zero-order valence-corrected chi connectivity index (χ0v) is 9.97. The molecule has 2 unspecified atom stereocenters. The summed E-state index contributed by atoms with van der Waals surface area (Å²) in [5.74, 6) is 1.62. The molecule has 0 nitrogen and oxygen atoms in total. The van der Waals surface area contributed by atoms with Crippen LogP contribution in [0.5, 0.6) is 0 Å². The summed E-state index contributed by atoms with van der Waals surface area (Å²) < 4.78 is 0. The molecule has 0 spiro atoms. The van der Waals surface area contributed by atoms with Crippen LogP contribution in [0.4, 0.5) is 0 Å². The first-order valence-corrected chi connectivity index (χ1v) is 5.72. The average Bonchev–Trinajstić information content (AvgIpc) is 2.02. The van der Waals surface area contributed by atoms with E-state index in [0.717, 1.165) is 18.3 Å². The van der Waals surface area contributed by atoms with Crippen molar-refractivity contribution in [1.29, 1.82) is 0 Å². The van der Waals surface area contributed by atoms with Crippen LogP contribution in [0.3, 0.4) is 0 Å². The molecule has 0 aliphatic heterocycles. The quantitative estimate of drug-likeness (QED) is 0.562. The summed E-state index contributed by atoms with van der Waals surface area (Å²) in [5.41, 5.74) is 1.88. The molecule has 0 aromatic rings. The molecular weight excluding hydrogens is 168 g/mol. The first-order chi connectivity index (χ1) is 6.45. The van der Waals surface area contributed by atoms with E-state index in [-0.39, 0.29) is 0 Å². The molecule has 0 radical (unpaired) electrons. The molecule has 1 saturated carbocycles. The molecule has 2 atom stereocenters. The van der Waals surface area contributed by atoms with E-state index in [1.807, 2.05) is 0 Å². The van der Waals surface area contributed by atoms with Gasteiger partial charge in [-0.25, -0.2) is 0 Å². The second kappa shape index (κ2) is 4.33. The van der Waals surface area contributed by atoms with Gasteiger partial charge in [0.1, 0.15) is 0 Å². The molecule has 14 heavy (non-hydrogen) atoms. The Kier molecular flexibility index (Phi) is 3.58. The monoisotopic (exact) mass is 192 g/mol. The van der Waals surface area contributed by atoms with E-state index in [1.165, 1.54) is 24.8 Å². The van der Waals surface area contributed by atoms with Crippen LogP contribution in [0, 0.1) is 17.3 Å². The summed E-state index contributed by atoms with van der Waals surface area (Å²) in [6, 6.07) is 0. The molecule has 1 aliphatic rings. The van der Waals surface area contributed by atoms with Crippen LogP contribution >= 0.6 is 0 Å². The Labute approximate surface area is 89.1 Å². The van der Waals surface area contributed by atoms with Crippen LogP contribution in [0.1, 0.15) is 46.5 Å². The molecule has 0 aromatic carbocycles. The molecule has 0 heteroatoms. The summed E-state index contributed by atoms with van der Waals surface area (Å²) in [7, 11) is 0.